The molecule has 3 heteroatoms. The molecule has 70 valence electrons. The molecular formula is C9H15ClO2. The second-order valence-electron chi connectivity index (χ2n) is 2.43. The van der Waals surface area contributed by atoms with Gasteiger partial charge in [0.1, 0.15) is 0 Å². The van der Waals surface area contributed by atoms with Gasteiger partial charge < -0.3 is 4.74 Å². The fourth-order valence-electron chi connectivity index (χ4n) is 0.596. The quantitative estimate of drug-likeness (QED) is 0.267. The van der Waals surface area contributed by atoms with Gasteiger partial charge in [-0.15, -0.1) is 11.6 Å². The van der Waals surface area contributed by atoms with Gasteiger partial charge in [0.2, 0.25) is 0 Å². The van der Waals surface area contributed by atoms with Crippen molar-refractivity contribution in [2.75, 3.05) is 12.5 Å². The first kappa shape index (κ1) is 11.5. The van der Waals surface area contributed by atoms with Crippen molar-refractivity contribution >= 4 is 17.4 Å². The predicted molar refractivity (Wildman–Crippen MR) is 50.3 cm³/mol. The van der Waals surface area contributed by atoms with Crippen LogP contribution in [0.3, 0.4) is 0 Å². The van der Waals surface area contributed by atoms with Gasteiger partial charge in [0.05, 0.1) is 12.9 Å². The third kappa shape index (κ3) is 7.61. The fourth-order valence-corrected chi connectivity index (χ4v) is 0.782. The Hall–Kier alpha value is -0.500. The Balaban J connectivity index is 3.29. The van der Waals surface area contributed by atoms with Crippen LogP contribution in [0.15, 0.2) is 12.3 Å². The number of ketones is 1. The van der Waals surface area contributed by atoms with Gasteiger partial charge >= 0.3 is 0 Å². The summed E-state index contributed by atoms with van der Waals surface area (Å²) in [5, 5.41) is 0. The van der Waals surface area contributed by atoms with Crippen molar-refractivity contribution in [3.8, 4) is 0 Å². The first-order chi connectivity index (χ1) is 5.81. The number of alkyl halides is 1. The van der Waals surface area contributed by atoms with Crippen LogP contribution in [0, 0.1) is 0 Å². The van der Waals surface area contributed by atoms with Gasteiger partial charge in [0.25, 0.3) is 0 Å². The van der Waals surface area contributed by atoms with Crippen molar-refractivity contribution in [2.45, 2.75) is 26.2 Å². The Kier molecular flexibility index (Phi) is 8.24. The minimum Gasteiger partial charge on any atom is -0.501 e. The van der Waals surface area contributed by atoms with Crippen LogP contribution < -0.4 is 0 Å². The van der Waals surface area contributed by atoms with Crippen LogP contribution in [-0.4, -0.2) is 18.3 Å². The summed E-state index contributed by atoms with van der Waals surface area (Å²) in [6.45, 7) is 2.77. The van der Waals surface area contributed by atoms with Crippen molar-refractivity contribution in [1.82, 2.24) is 0 Å². The van der Waals surface area contributed by atoms with Crippen LogP contribution in [0.1, 0.15) is 26.2 Å². The summed E-state index contributed by atoms with van der Waals surface area (Å²) in [6, 6.07) is 0. The molecule has 0 unspecified atom stereocenters. The molecule has 0 spiro atoms. The van der Waals surface area contributed by atoms with Gasteiger partial charge in [-0.2, -0.15) is 0 Å². The third-order valence-electron chi connectivity index (χ3n) is 1.31. The zero-order valence-electron chi connectivity index (χ0n) is 7.38. The van der Waals surface area contributed by atoms with E-state index in [4.69, 9.17) is 16.3 Å². The molecule has 0 bridgehead atoms. The summed E-state index contributed by atoms with van der Waals surface area (Å²) in [5.41, 5.74) is 0. The lowest BCUT2D eigenvalue weighted by Gasteiger charge is -1.96. The number of carbonyl (C=O) groups is 1. The lowest BCUT2D eigenvalue weighted by molar-refractivity contribution is -0.114. The van der Waals surface area contributed by atoms with E-state index in [1.54, 1.807) is 0 Å². The normalized spacial score (nSPS) is 10.5. The lowest BCUT2D eigenvalue weighted by atomic mass is 10.3. The minimum atomic E-state index is 0.0153. The molecule has 0 amide bonds. The van der Waals surface area contributed by atoms with Crippen LogP contribution in [-0.2, 0) is 9.53 Å². The maximum absolute atomic E-state index is 10.8. The Morgan fingerprint density at radius 2 is 2.33 bits per heavy atom. The van der Waals surface area contributed by atoms with Gasteiger partial charge in [-0.25, -0.2) is 0 Å². The third-order valence-corrected chi connectivity index (χ3v) is 1.50. The van der Waals surface area contributed by atoms with Gasteiger partial charge in [-0.05, 0) is 6.42 Å². The minimum absolute atomic E-state index is 0.0153. The molecule has 0 aliphatic rings. The highest BCUT2D eigenvalue weighted by molar-refractivity contribution is 6.19. The standard InChI is InChI=1S/C9H15ClO2/c1-2-3-7-12-8-5-9(11)4-6-10/h5,8H,2-4,6-7H2,1H3. The average Bonchev–Trinajstić information content (AvgIpc) is 2.05. The summed E-state index contributed by atoms with van der Waals surface area (Å²) < 4.78 is 5.05. The molecule has 0 saturated heterocycles. The highest BCUT2D eigenvalue weighted by atomic mass is 35.5. The average molecular weight is 191 g/mol. The molecule has 0 saturated carbocycles. The van der Waals surface area contributed by atoms with Crippen LogP contribution in [0.5, 0.6) is 0 Å². The Morgan fingerprint density at radius 3 is 2.92 bits per heavy atom. The molecule has 0 aromatic carbocycles. The summed E-state index contributed by atoms with van der Waals surface area (Å²) in [4.78, 5) is 10.8. The van der Waals surface area contributed by atoms with E-state index in [9.17, 15) is 4.79 Å². The van der Waals surface area contributed by atoms with Crippen LogP contribution in [0.25, 0.3) is 0 Å². The van der Waals surface area contributed by atoms with E-state index in [1.165, 1.54) is 12.3 Å². The van der Waals surface area contributed by atoms with Crippen molar-refractivity contribution in [2.24, 2.45) is 0 Å². The van der Waals surface area contributed by atoms with Crippen molar-refractivity contribution < 1.29 is 9.53 Å². The molecule has 0 radical (unpaired) electrons. The molecule has 0 aliphatic heterocycles. The number of allylic oxidation sites excluding steroid dienone is 1. The number of ether oxygens (including phenoxy) is 1. The Bertz CT molecular complexity index is 143. The molecule has 0 aromatic rings. The summed E-state index contributed by atoms with van der Waals surface area (Å²) in [5.74, 6) is 0.388. The summed E-state index contributed by atoms with van der Waals surface area (Å²) in [7, 11) is 0. The Morgan fingerprint density at radius 1 is 1.58 bits per heavy atom. The zero-order chi connectivity index (χ0) is 9.23. The van der Waals surface area contributed by atoms with Gasteiger partial charge in [0.15, 0.2) is 5.78 Å². The maximum atomic E-state index is 10.8. The molecule has 0 aromatic heterocycles. The SMILES string of the molecule is CCCCOC=CC(=O)CCCl. The van der Waals surface area contributed by atoms with E-state index in [0.717, 1.165) is 12.8 Å². The van der Waals surface area contributed by atoms with Crippen LogP contribution >= 0.6 is 11.6 Å². The summed E-state index contributed by atoms with van der Waals surface area (Å²) in [6.07, 6.45) is 5.38. The highest BCUT2D eigenvalue weighted by Gasteiger charge is 1.92. The van der Waals surface area contributed by atoms with Gasteiger partial charge in [0, 0.05) is 18.4 Å². The molecule has 2 nitrogen and oxygen atoms in total. The van der Waals surface area contributed by atoms with E-state index in [1.807, 2.05) is 0 Å². The smallest absolute Gasteiger partial charge is 0.159 e. The number of hydrogen-bond donors (Lipinski definition) is 0. The topological polar surface area (TPSA) is 26.3 Å². The molecule has 0 rings (SSSR count). The zero-order valence-corrected chi connectivity index (χ0v) is 8.14. The molecule has 12 heavy (non-hydrogen) atoms. The monoisotopic (exact) mass is 190 g/mol. The predicted octanol–water partition coefficient (Wildman–Crippen LogP) is 2.51. The molecule has 0 fully saturated rings. The van der Waals surface area contributed by atoms with Crippen molar-refractivity contribution in [3.05, 3.63) is 12.3 Å². The van der Waals surface area contributed by atoms with E-state index in [0.29, 0.717) is 18.9 Å². The second-order valence-corrected chi connectivity index (χ2v) is 2.81. The van der Waals surface area contributed by atoms with E-state index in [2.05, 4.69) is 6.92 Å². The molecule has 0 N–H and O–H groups in total. The number of unbranched alkanes of at least 4 members (excludes halogenated alkanes) is 1. The van der Waals surface area contributed by atoms with Crippen molar-refractivity contribution in [3.63, 3.8) is 0 Å². The Labute approximate surface area is 78.5 Å². The number of carbonyl (C=O) groups excluding carboxylic acids is 1. The highest BCUT2D eigenvalue weighted by Crippen LogP contribution is 1.91. The van der Waals surface area contributed by atoms with E-state index in [-0.39, 0.29) is 5.78 Å². The van der Waals surface area contributed by atoms with E-state index < -0.39 is 0 Å². The summed E-state index contributed by atoms with van der Waals surface area (Å²) >= 11 is 5.36. The molecule has 0 atom stereocenters. The number of rotatable bonds is 7. The molecule has 0 heterocycles. The molecular weight excluding hydrogens is 176 g/mol. The maximum Gasteiger partial charge on any atom is 0.159 e. The molecule has 0 aliphatic carbocycles. The fraction of sp³-hybridized carbons (Fsp3) is 0.667. The van der Waals surface area contributed by atoms with Gasteiger partial charge in [-0.1, -0.05) is 13.3 Å². The number of hydrogen-bond acceptors (Lipinski definition) is 2. The number of halogens is 1. The first-order valence-electron chi connectivity index (χ1n) is 4.18. The van der Waals surface area contributed by atoms with E-state index >= 15 is 0 Å². The van der Waals surface area contributed by atoms with Crippen molar-refractivity contribution in [1.29, 1.82) is 0 Å². The first-order valence-corrected chi connectivity index (χ1v) is 4.71. The lowest BCUT2D eigenvalue weighted by Crippen LogP contribution is -1.93. The second kappa shape index (κ2) is 8.60. The largest absolute Gasteiger partial charge is 0.501 e. The van der Waals surface area contributed by atoms with Crippen LogP contribution in [0.4, 0.5) is 0 Å². The van der Waals surface area contributed by atoms with Crippen LogP contribution in [0.2, 0.25) is 0 Å². The van der Waals surface area contributed by atoms with Gasteiger partial charge in [-0.3, -0.25) is 4.79 Å².